The van der Waals surface area contributed by atoms with Crippen molar-refractivity contribution in [1.29, 1.82) is 0 Å². The Bertz CT molecular complexity index is 2470. The highest BCUT2D eigenvalue weighted by Crippen LogP contribution is 2.50. The smallest absolute Gasteiger partial charge is 0.308 e. The van der Waals surface area contributed by atoms with Gasteiger partial charge in [-0.15, -0.1) is 0 Å². The van der Waals surface area contributed by atoms with Gasteiger partial charge in [-0.25, -0.2) is 0 Å². The molecule has 0 aromatic heterocycles. The van der Waals surface area contributed by atoms with Crippen molar-refractivity contribution in [2.45, 2.75) is 345 Å². The molecule has 0 saturated carbocycles. The highest BCUT2D eigenvalue weighted by atomic mass is 127. The number of rotatable bonds is 13. The number of alkyl halides is 1. The van der Waals surface area contributed by atoms with Crippen LogP contribution in [-0.4, -0.2) is 146 Å². The lowest BCUT2D eigenvalue weighted by Gasteiger charge is -2.56. The van der Waals surface area contributed by atoms with E-state index in [1.165, 1.54) is 5.57 Å². The molecule has 10 rings (SSSR count). The zero-order valence-electron chi connectivity index (χ0n) is 58.5. The second-order valence-corrected chi connectivity index (χ2v) is 47.8. The molecule has 17 heteroatoms. The zero-order chi connectivity index (χ0) is 64.7. The number of carbonyl (C=O) groups is 1. The molecule has 4 unspecified atom stereocenters. The van der Waals surface area contributed by atoms with E-state index in [9.17, 15) is 0 Å². The van der Waals surface area contributed by atoms with Crippen LogP contribution in [0.1, 0.15) is 186 Å². The predicted octanol–water partition coefficient (Wildman–Crippen LogP) is 16.8. The second kappa shape index (κ2) is 29.1. The first-order valence-electron chi connectivity index (χ1n) is 34.3. The minimum atomic E-state index is -2.61. The van der Waals surface area contributed by atoms with Crippen molar-refractivity contribution in [2.24, 2.45) is 23.7 Å². The molecule has 9 aliphatic rings. The summed E-state index contributed by atoms with van der Waals surface area (Å²) in [5, 5.41) is -0.420. The molecule has 7 bridgehead atoms. The van der Waals surface area contributed by atoms with Gasteiger partial charge >= 0.3 is 5.97 Å². The molecule has 1 aromatic carbocycles. The molecule has 0 amide bonds. The molecule has 21 atom stereocenters. The molecule has 6 fully saturated rings. The van der Waals surface area contributed by atoms with E-state index in [2.05, 4.69) is 183 Å². The van der Waals surface area contributed by atoms with Gasteiger partial charge in [-0.3, -0.25) is 4.79 Å². The molecular formula is C71H121IO13Si3. The summed E-state index contributed by atoms with van der Waals surface area (Å²) in [4.78, 5) is 15.0. The molecule has 88 heavy (non-hydrogen) atoms. The molecule has 0 N–H and O–H groups in total. The number of fused-ring (bicyclic) bond motifs is 3. The number of hydrogen-bond acceptors (Lipinski definition) is 13. The summed E-state index contributed by atoms with van der Waals surface area (Å²) in [6.45, 7) is 51.2. The maximum absolute atomic E-state index is 15.0. The average Bonchev–Trinajstić information content (AvgIpc) is 1.33. The fraction of sp³-hybridized carbons (Fsp3) is 0.845. The van der Waals surface area contributed by atoms with Crippen LogP contribution >= 0.6 is 22.6 Å². The lowest BCUT2D eigenvalue weighted by Crippen LogP contribution is -2.69. The standard InChI is InChI=1S/C71H121IO13Si3/c1-23-24-55-46(4)39-59-62(79-55)48(6)63-58(78-59)38-45(3)47(5)44(2)37-53-33-36-60-71(43-72,82-53)41-54(76-60)30-29-51(75-42-49-25-27-50(74-16)28-26-49)31-35-57(83-86(17,18)68(7,8)9)65-67(85-88(21,22)70(13,14)15)66(84-87(19,20)69(10,11)12)64-56(80-65)34-32-52(77-64)40-61(73)81-63/h25-28,31,35,44-46,48,51-60,62-67H,5,23-24,29-30,32-34,36-43H2,1-4,6-22H3/b35-31+/t44-,45-,46-,48+,51?,52?,53?,54+,55-,56+,57+,58+,59?,60+,62+,63-,64+,65+,66+,67-,71-/m1/s1. The van der Waals surface area contributed by atoms with E-state index in [0.717, 1.165) is 73.5 Å². The average molecular weight is 1390 g/mol. The Kier molecular flexibility index (Phi) is 24.1. The largest absolute Gasteiger partial charge is 0.497 e. The summed E-state index contributed by atoms with van der Waals surface area (Å²) in [5.74, 6) is 1.12. The first-order valence-corrected chi connectivity index (χ1v) is 44.6. The summed E-state index contributed by atoms with van der Waals surface area (Å²) in [7, 11) is -6.03. The summed E-state index contributed by atoms with van der Waals surface area (Å²) >= 11 is 2.55. The van der Waals surface area contributed by atoms with Gasteiger partial charge in [-0.2, -0.15) is 0 Å². The molecule has 9 aliphatic heterocycles. The van der Waals surface area contributed by atoms with Gasteiger partial charge in [-0.05, 0) is 154 Å². The van der Waals surface area contributed by atoms with Gasteiger partial charge in [0, 0.05) is 16.8 Å². The van der Waals surface area contributed by atoms with Crippen LogP contribution in [0.4, 0.5) is 0 Å². The van der Waals surface area contributed by atoms with E-state index in [0.29, 0.717) is 31.8 Å². The Morgan fingerprint density at radius 3 is 1.84 bits per heavy atom. The number of carbonyl (C=O) groups excluding carboxylic acids is 1. The van der Waals surface area contributed by atoms with Gasteiger partial charge < -0.3 is 55.9 Å². The predicted molar refractivity (Wildman–Crippen MR) is 368 cm³/mol. The molecule has 13 nitrogen and oxygen atoms in total. The van der Waals surface area contributed by atoms with Gasteiger partial charge in [0.2, 0.25) is 0 Å². The van der Waals surface area contributed by atoms with Crippen LogP contribution in [0.3, 0.4) is 0 Å². The number of benzene rings is 1. The summed E-state index contributed by atoms with van der Waals surface area (Å²) < 4.78 is 87.6. The number of ether oxygens (including phenoxy) is 9. The molecule has 0 spiro atoms. The van der Waals surface area contributed by atoms with Gasteiger partial charge in [-0.1, -0.05) is 162 Å². The van der Waals surface area contributed by atoms with Crippen LogP contribution in [0, 0.1) is 23.7 Å². The third kappa shape index (κ3) is 16.9. The number of esters is 1. The van der Waals surface area contributed by atoms with E-state index in [1.54, 1.807) is 7.11 Å². The minimum absolute atomic E-state index is 0.00676. The van der Waals surface area contributed by atoms with Crippen LogP contribution < -0.4 is 4.74 Å². The van der Waals surface area contributed by atoms with E-state index in [4.69, 9.17) is 62.5 Å². The number of allylic oxidation sites excluding steroid dienone is 1. The zero-order valence-corrected chi connectivity index (χ0v) is 63.7. The third-order valence-corrected chi connectivity index (χ3v) is 37.7. The van der Waals surface area contributed by atoms with Crippen molar-refractivity contribution >= 4 is 53.5 Å². The van der Waals surface area contributed by atoms with Crippen LogP contribution in [-0.2, 0) is 62.6 Å². The van der Waals surface area contributed by atoms with E-state index in [-0.39, 0.29) is 106 Å². The fourth-order valence-corrected chi connectivity index (χ4v) is 19.0. The van der Waals surface area contributed by atoms with Gasteiger partial charge in [0.25, 0.3) is 0 Å². The second-order valence-electron chi connectivity index (χ2n) is 32.8. The molecule has 9 heterocycles. The highest BCUT2D eigenvalue weighted by Gasteiger charge is 2.59. The SMILES string of the molecule is C=C1[C@H](C)CC2CC[C@@H]3O[C@@H](CCC(OCc4ccc(OC)cc4)/C=C/[C@H](O[Si](C)(C)C(C)(C)C)[C@@H]4O[C@H]5CCC(CC(=O)O[C@@H]6[C@@H](C)[C@@H]7O[C@H](CCC)[C@H](C)CC7O[C@H]6C[C@H]1C)O[C@@H]5[C@H](O[Si](C)(C)C(C)(C)C)[C@@H]4O[Si](C)(C)C(C)(C)C)C[C@]3(CI)O2. The first-order chi connectivity index (χ1) is 41.0. The molecule has 0 aliphatic carbocycles. The van der Waals surface area contributed by atoms with E-state index < -0.39 is 67.7 Å². The molecule has 502 valence electrons. The number of methoxy groups -OCH3 is 1. The Morgan fingerprint density at radius 1 is 0.636 bits per heavy atom. The van der Waals surface area contributed by atoms with Crippen LogP contribution in [0.2, 0.25) is 54.4 Å². The molecule has 1 aromatic rings. The molecular weight excluding hydrogens is 1270 g/mol. The lowest BCUT2D eigenvalue weighted by atomic mass is 9.77. The summed E-state index contributed by atoms with van der Waals surface area (Å²) in [6.07, 6.45) is 9.97. The Labute approximate surface area is 550 Å². The minimum Gasteiger partial charge on any atom is -0.497 e. The van der Waals surface area contributed by atoms with Crippen molar-refractivity contribution in [3.63, 3.8) is 0 Å². The van der Waals surface area contributed by atoms with Crippen molar-refractivity contribution in [3.8, 4) is 5.75 Å². The van der Waals surface area contributed by atoms with Crippen molar-refractivity contribution < 1.29 is 60.7 Å². The van der Waals surface area contributed by atoms with Gasteiger partial charge in [0.1, 0.15) is 41.9 Å². The third-order valence-electron chi connectivity index (χ3n) is 23.0. The van der Waals surface area contributed by atoms with Crippen molar-refractivity contribution in [2.75, 3.05) is 11.5 Å². The maximum atomic E-state index is 15.0. The topological polar surface area (TPSA) is 128 Å². The molecule has 0 radical (unpaired) electrons. The maximum Gasteiger partial charge on any atom is 0.308 e. The van der Waals surface area contributed by atoms with Crippen molar-refractivity contribution in [3.05, 3.63) is 54.1 Å². The normalized spacial score (nSPS) is 39.1. The van der Waals surface area contributed by atoms with Gasteiger partial charge in [0.05, 0.1) is 87.3 Å². The van der Waals surface area contributed by atoms with Gasteiger partial charge in [0.15, 0.2) is 25.0 Å². The monoisotopic (exact) mass is 1390 g/mol. The summed E-state index contributed by atoms with van der Waals surface area (Å²) in [5.41, 5.74) is 1.87. The van der Waals surface area contributed by atoms with E-state index >= 15 is 4.79 Å². The Hall–Kier alpha value is -1.05. The Balaban J connectivity index is 1.22. The summed E-state index contributed by atoms with van der Waals surface area (Å²) in [6, 6.07) is 8.16. The molecule has 6 saturated heterocycles. The van der Waals surface area contributed by atoms with Crippen LogP contribution in [0.15, 0.2) is 48.6 Å². The first kappa shape index (κ1) is 72.8. The fourth-order valence-electron chi connectivity index (χ4n) is 14.2. The highest BCUT2D eigenvalue weighted by molar-refractivity contribution is 14.1. The van der Waals surface area contributed by atoms with E-state index in [1.807, 2.05) is 12.1 Å². The number of halogens is 1. The number of hydrogen-bond donors (Lipinski definition) is 0. The Morgan fingerprint density at radius 2 is 1.23 bits per heavy atom. The van der Waals surface area contributed by atoms with Crippen LogP contribution in [0.5, 0.6) is 5.75 Å². The quantitative estimate of drug-likeness (QED) is 0.0612. The lowest BCUT2D eigenvalue weighted by molar-refractivity contribution is -0.270. The van der Waals surface area contributed by atoms with Crippen molar-refractivity contribution in [1.82, 2.24) is 0 Å². The van der Waals surface area contributed by atoms with Crippen LogP contribution in [0.25, 0.3) is 0 Å².